The first-order valence-electron chi connectivity index (χ1n) is 6.07. The third-order valence-electron chi connectivity index (χ3n) is 2.69. The number of ether oxygens (including phenoxy) is 1. The van der Waals surface area contributed by atoms with E-state index in [4.69, 9.17) is 9.15 Å². The lowest BCUT2D eigenvalue weighted by Gasteiger charge is -2.10. The van der Waals surface area contributed by atoms with E-state index < -0.39 is 10.2 Å². The minimum atomic E-state index is -3.53. The van der Waals surface area contributed by atoms with Crippen molar-refractivity contribution in [2.24, 2.45) is 0 Å². The number of hydrogen-bond donors (Lipinski definition) is 1. The van der Waals surface area contributed by atoms with E-state index in [0.29, 0.717) is 11.3 Å². The molecule has 114 valence electrons. The van der Waals surface area contributed by atoms with E-state index in [9.17, 15) is 8.42 Å². The Morgan fingerprint density at radius 3 is 2.67 bits per heavy atom. The summed E-state index contributed by atoms with van der Waals surface area (Å²) in [5.74, 6) is 1.04. The number of benzene rings is 1. The SMILES string of the molecule is COc1ccccc1-c1nnc(CNS(=O)(=O)N(C)C)o1. The van der Waals surface area contributed by atoms with Crippen molar-refractivity contribution < 1.29 is 17.6 Å². The van der Waals surface area contributed by atoms with Crippen LogP contribution >= 0.6 is 0 Å². The van der Waals surface area contributed by atoms with Gasteiger partial charge in [0.2, 0.25) is 5.89 Å². The molecule has 1 N–H and O–H groups in total. The maximum Gasteiger partial charge on any atom is 0.279 e. The van der Waals surface area contributed by atoms with Crippen molar-refractivity contribution in [2.75, 3.05) is 21.2 Å². The summed E-state index contributed by atoms with van der Waals surface area (Å²) in [5, 5.41) is 7.71. The van der Waals surface area contributed by atoms with Crippen LogP contribution in [0.2, 0.25) is 0 Å². The summed E-state index contributed by atoms with van der Waals surface area (Å²) in [6, 6.07) is 7.19. The normalized spacial score (nSPS) is 11.8. The van der Waals surface area contributed by atoms with Crippen LogP contribution < -0.4 is 9.46 Å². The van der Waals surface area contributed by atoms with E-state index in [-0.39, 0.29) is 18.3 Å². The van der Waals surface area contributed by atoms with Crippen molar-refractivity contribution in [2.45, 2.75) is 6.54 Å². The van der Waals surface area contributed by atoms with Crippen LogP contribution in [0.3, 0.4) is 0 Å². The summed E-state index contributed by atoms with van der Waals surface area (Å²) in [4.78, 5) is 0. The minimum absolute atomic E-state index is 0.0807. The van der Waals surface area contributed by atoms with Gasteiger partial charge >= 0.3 is 0 Å². The van der Waals surface area contributed by atoms with Crippen molar-refractivity contribution in [3.8, 4) is 17.2 Å². The molecule has 1 heterocycles. The standard InChI is InChI=1S/C12H16N4O4S/c1-16(2)21(17,18)13-8-11-14-15-12(20-11)9-6-4-5-7-10(9)19-3/h4-7,13H,8H2,1-3H3. The molecule has 2 aromatic rings. The lowest BCUT2D eigenvalue weighted by Crippen LogP contribution is -2.35. The average molecular weight is 312 g/mol. The summed E-state index contributed by atoms with van der Waals surface area (Å²) in [5.41, 5.74) is 0.647. The second-order valence-electron chi connectivity index (χ2n) is 4.31. The molecule has 1 aromatic heterocycles. The van der Waals surface area contributed by atoms with Crippen LogP contribution in [0.5, 0.6) is 5.75 Å². The van der Waals surface area contributed by atoms with Gasteiger partial charge in [0.05, 0.1) is 19.2 Å². The Hall–Kier alpha value is -1.97. The second-order valence-corrected chi connectivity index (χ2v) is 6.28. The Balaban J connectivity index is 2.15. The smallest absolute Gasteiger partial charge is 0.279 e. The fraction of sp³-hybridized carbons (Fsp3) is 0.333. The van der Waals surface area contributed by atoms with Crippen LogP contribution in [-0.4, -0.2) is 44.1 Å². The lowest BCUT2D eigenvalue weighted by atomic mass is 10.2. The summed E-state index contributed by atoms with van der Waals surface area (Å²) in [7, 11) is 0.863. The predicted molar refractivity (Wildman–Crippen MR) is 75.7 cm³/mol. The van der Waals surface area contributed by atoms with Gasteiger partial charge in [0.25, 0.3) is 16.1 Å². The Morgan fingerprint density at radius 1 is 1.29 bits per heavy atom. The van der Waals surface area contributed by atoms with Crippen LogP contribution in [0.4, 0.5) is 0 Å². The van der Waals surface area contributed by atoms with E-state index in [1.54, 1.807) is 19.2 Å². The molecule has 8 nitrogen and oxygen atoms in total. The first kappa shape index (κ1) is 15.4. The molecule has 0 saturated carbocycles. The number of para-hydroxylation sites is 1. The molecule has 0 aliphatic carbocycles. The summed E-state index contributed by atoms with van der Waals surface area (Å²) in [6.07, 6.45) is 0. The highest BCUT2D eigenvalue weighted by Crippen LogP contribution is 2.28. The third kappa shape index (κ3) is 3.57. The second kappa shape index (κ2) is 6.20. The zero-order valence-corrected chi connectivity index (χ0v) is 12.7. The molecule has 0 aliphatic rings. The molecule has 0 radical (unpaired) electrons. The van der Waals surface area contributed by atoms with Crippen LogP contribution in [-0.2, 0) is 16.8 Å². The molecule has 0 amide bonds. The van der Waals surface area contributed by atoms with E-state index in [2.05, 4.69) is 14.9 Å². The third-order valence-corrected chi connectivity index (χ3v) is 4.16. The predicted octanol–water partition coefficient (Wildman–Crippen LogP) is 0.641. The molecular weight excluding hydrogens is 296 g/mol. The summed E-state index contributed by atoms with van der Waals surface area (Å²) >= 11 is 0. The van der Waals surface area contributed by atoms with Crippen LogP contribution in [0.25, 0.3) is 11.5 Å². The van der Waals surface area contributed by atoms with Gasteiger partial charge in [0.15, 0.2) is 0 Å². The fourth-order valence-corrected chi connectivity index (χ4v) is 2.10. The van der Waals surface area contributed by atoms with Gasteiger partial charge in [0.1, 0.15) is 5.75 Å². The van der Waals surface area contributed by atoms with E-state index in [0.717, 1.165) is 4.31 Å². The monoisotopic (exact) mass is 312 g/mol. The van der Waals surface area contributed by atoms with Gasteiger partial charge in [-0.3, -0.25) is 0 Å². The molecule has 0 aliphatic heterocycles. The topological polar surface area (TPSA) is 97.6 Å². The lowest BCUT2D eigenvalue weighted by molar-refractivity contribution is 0.413. The molecule has 0 atom stereocenters. The van der Waals surface area contributed by atoms with E-state index >= 15 is 0 Å². The number of methoxy groups -OCH3 is 1. The highest BCUT2D eigenvalue weighted by atomic mass is 32.2. The Labute approximate surface area is 122 Å². The quantitative estimate of drug-likeness (QED) is 0.840. The van der Waals surface area contributed by atoms with Crippen molar-refractivity contribution in [3.05, 3.63) is 30.2 Å². The van der Waals surface area contributed by atoms with Gasteiger partial charge in [-0.15, -0.1) is 10.2 Å². The van der Waals surface area contributed by atoms with Gasteiger partial charge in [-0.05, 0) is 12.1 Å². The Kier molecular flexibility index (Phi) is 4.56. The number of nitrogens with one attached hydrogen (secondary N) is 1. The van der Waals surface area contributed by atoms with Crippen LogP contribution in [0.1, 0.15) is 5.89 Å². The maximum atomic E-state index is 11.6. The van der Waals surface area contributed by atoms with Crippen LogP contribution in [0, 0.1) is 0 Å². The molecule has 0 saturated heterocycles. The summed E-state index contributed by atoms with van der Waals surface area (Å²) < 4.78 is 37.2. The zero-order valence-electron chi connectivity index (χ0n) is 11.9. The largest absolute Gasteiger partial charge is 0.496 e. The minimum Gasteiger partial charge on any atom is -0.496 e. The van der Waals surface area contributed by atoms with Crippen molar-refractivity contribution in [3.63, 3.8) is 0 Å². The number of rotatable bonds is 6. The molecule has 2 rings (SSSR count). The number of hydrogen-bond acceptors (Lipinski definition) is 6. The van der Waals surface area contributed by atoms with Gasteiger partial charge in [-0.25, -0.2) is 0 Å². The maximum absolute atomic E-state index is 11.6. The van der Waals surface area contributed by atoms with E-state index in [1.807, 2.05) is 12.1 Å². The Morgan fingerprint density at radius 2 is 2.00 bits per heavy atom. The highest BCUT2D eigenvalue weighted by Gasteiger charge is 2.16. The first-order valence-corrected chi connectivity index (χ1v) is 7.51. The Bertz CT molecular complexity index is 712. The van der Waals surface area contributed by atoms with Crippen LogP contribution in [0.15, 0.2) is 28.7 Å². The van der Waals surface area contributed by atoms with Gasteiger partial charge < -0.3 is 9.15 Å². The summed E-state index contributed by atoms with van der Waals surface area (Å²) in [6.45, 7) is -0.0807. The van der Waals surface area contributed by atoms with Gasteiger partial charge in [0, 0.05) is 14.1 Å². The highest BCUT2D eigenvalue weighted by molar-refractivity contribution is 7.87. The molecule has 9 heteroatoms. The van der Waals surface area contributed by atoms with Crippen molar-refractivity contribution in [1.29, 1.82) is 0 Å². The molecule has 21 heavy (non-hydrogen) atoms. The fourth-order valence-electron chi connectivity index (χ4n) is 1.54. The molecule has 0 fully saturated rings. The number of nitrogens with zero attached hydrogens (tertiary/aromatic N) is 3. The van der Waals surface area contributed by atoms with Crippen molar-refractivity contribution >= 4 is 10.2 Å². The van der Waals surface area contributed by atoms with Crippen molar-refractivity contribution in [1.82, 2.24) is 19.2 Å². The zero-order chi connectivity index (χ0) is 15.5. The van der Waals surface area contributed by atoms with Gasteiger partial charge in [-0.2, -0.15) is 17.4 Å². The molecule has 1 aromatic carbocycles. The molecular formula is C12H16N4O4S. The van der Waals surface area contributed by atoms with Gasteiger partial charge in [-0.1, -0.05) is 12.1 Å². The average Bonchev–Trinajstić information content (AvgIpc) is 2.94. The molecule has 0 spiro atoms. The van der Waals surface area contributed by atoms with E-state index in [1.165, 1.54) is 14.1 Å². The molecule has 0 unspecified atom stereocenters. The molecule has 0 bridgehead atoms. The first-order chi connectivity index (χ1) is 9.94. The number of aromatic nitrogens is 2.